The van der Waals surface area contributed by atoms with Crippen LogP contribution in [0.5, 0.6) is 0 Å². The Bertz CT molecular complexity index is 788. The second-order valence-corrected chi connectivity index (χ2v) is 6.71. The van der Waals surface area contributed by atoms with Gasteiger partial charge in [-0.25, -0.2) is 4.98 Å². The maximum Gasteiger partial charge on any atom is 0.139 e. The van der Waals surface area contributed by atoms with E-state index in [1.165, 1.54) is 9.75 Å². The Balaban J connectivity index is 2.21. The molecular weight excluding hydrogens is 282 g/mol. The molecule has 21 heavy (non-hydrogen) atoms. The molecule has 110 valence electrons. The lowest BCUT2D eigenvalue weighted by Gasteiger charge is -2.17. The summed E-state index contributed by atoms with van der Waals surface area (Å²) in [6.07, 6.45) is -0.623. The molecule has 2 aromatic heterocycles. The summed E-state index contributed by atoms with van der Waals surface area (Å²) in [7, 11) is 0. The van der Waals surface area contributed by atoms with Crippen molar-refractivity contribution in [3.63, 3.8) is 0 Å². The van der Waals surface area contributed by atoms with Crippen LogP contribution in [0.15, 0.2) is 30.3 Å². The Morgan fingerprint density at radius 3 is 2.62 bits per heavy atom. The summed E-state index contributed by atoms with van der Waals surface area (Å²) in [5.41, 5.74) is 8.35. The molecule has 2 atom stereocenters. The van der Waals surface area contributed by atoms with Gasteiger partial charge < -0.3 is 15.4 Å². The van der Waals surface area contributed by atoms with Crippen LogP contribution in [0, 0.1) is 6.92 Å². The van der Waals surface area contributed by atoms with Gasteiger partial charge in [0.15, 0.2) is 0 Å². The number of thiophene rings is 1. The van der Waals surface area contributed by atoms with Gasteiger partial charge in [-0.15, -0.1) is 11.3 Å². The second-order valence-electron chi connectivity index (χ2n) is 5.39. The third-order valence-electron chi connectivity index (χ3n) is 3.67. The number of imidazole rings is 1. The third-order valence-corrected chi connectivity index (χ3v) is 4.85. The summed E-state index contributed by atoms with van der Waals surface area (Å²) in [6, 6.07) is 10.1. The molecule has 0 spiro atoms. The molecule has 0 amide bonds. The molecule has 5 heteroatoms. The molecule has 4 nitrogen and oxygen atoms in total. The van der Waals surface area contributed by atoms with Crippen molar-refractivity contribution in [3.8, 4) is 0 Å². The van der Waals surface area contributed by atoms with Crippen molar-refractivity contribution < 1.29 is 5.11 Å². The minimum absolute atomic E-state index is 0.127. The molecule has 0 saturated carbocycles. The van der Waals surface area contributed by atoms with Crippen molar-refractivity contribution in [1.29, 1.82) is 0 Å². The van der Waals surface area contributed by atoms with E-state index in [1.807, 2.05) is 18.2 Å². The number of fused-ring (bicyclic) bond motifs is 1. The maximum absolute atomic E-state index is 10.1. The van der Waals surface area contributed by atoms with Crippen molar-refractivity contribution in [2.75, 3.05) is 5.73 Å². The molecule has 0 fully saturated rings. The number of rotatable bonds is 3. The molecular formula is C16H19N3OS. The molecule has 3 rings (SSSR count). The predicted octanol–water partition coefficient (Wildman–Crippen LogP) is 3.65. The highest BCUT2D eigenvalue weighted by atomic mass is 32.1. The molecule has 0 aliphatic carbocycles. The highest BCUT2D eigenvalue weighted by Gasteiger charge is 2.21. The Morgan fingerprint density at radius 1 is 1.24 bits per heavy atom. The minimum Gasteiger partial charge on any atom is -0.399 e. The highest BCUT2D eigenvalue weighted by Crippen LogP contribution is 2.32. The standard InChI is InChI=1S/C16H19N3OS/c1-9-4-7-15(21-9)10(2)19-14-6-5-12(17)8-13(14)18-16(19)11(3)20/h4-8,10-11,20H,17H2,1-3H3. The average Bonchev–Trinajstić information content (AvgIpc) is 3.01. The van der Waals surface area contributed by atoms with Crippen molar-refractivity contribution >= 4 is 28.1 Å². The van der Waals surface area contributed by atoms with Crippen LogP contribution in [-0.4, -0.2) is 14.7 Å². The number of anilines is 1. The van der Waals surface area contributed by atoms with E-state index in [-0.39, 0.29) is 6.04 Å². The number of nitrogen functional groups attached to an aromatic ring is 1. The Hall–Kier alpha value is -1.85. The van der Waals surface area contributed by atoms with Crippen LogP contribution in [0.25, 0.3) is 11.0 Å². The fraction of sp³-hybridized carbons (Fsp3) is 0.312. The van der Waals surface area contributed by atoms with Crippen LogP contribution in [-0.2, 0) is 0 Å². The lowest BCUT2D eigenvalue weighted by molar-refractivity contribution is 0.183. The lowest BCUT2D eigenvalue weighted by Crippen LogP contribution is -2.11. The largest absolute Gasteiger partial charge is 0.399 e. The first-order valence-electron chi connectivity index (χ1n) is 6.99. The van der Waals surface area contributed by atoms with Gasteiger partial charge in [0.1, 0.15) is 11.9 Å². The molecule has 0 aliphatic rings. The predicted molar refractivity (Wildman–Crippen MR) is 87.6 cm³/mol. The summed E-state index contributed by atoms with van der Waals surface area (Å²) in [5.74, 6) is 0.675. The van der Waals surface area contributed by atoms with E-state index in [2.05, 4.69) is 35.5 Å². The zero-order valence-electron chi connectivity index (χ0n) is 12.4. The number of aryl methyl sites for hydroxylation is 1. The SMILES string of the molecule is Cc1ccc(C(C)n2c(C(C)O)nc3cc(N)ccc32)s1. The average molecular weight is 301 g/mol. The number of aliphatic hydroxyl groups excluding tert-OH is 1. The summed E-state index contributed by atoms with van der Waals surface area (Å²) in [6.45, 7) is 5.98. The fourth-order valence-electron chi connectivity index (χ4n) is 2.64. The molecule has 0 aliphatic heterocycles. The summed E-state index contributed by atoms with van der Waals surface area (Å²) < 4.78 is 2.10. The van der Waals surface area contributed by atoms with E-state index in [4.69, 9.17) is 5.73 Å². The number of aliphatic hydroxyl groups is 1. The quantitative estimate of drug-likeness (QED) is 0.726. The first kappa shape index (κ1) is 14.1. The molecule has 0 bridgehead atoms. The van der Waals surface area contributed by atoms with Crippen LogP contribution >= 0.6 is 11.3 Å². The van der Waals surface area contributed by atoms with E-state index >= 15 is 0 Å². The number of aromatic nitrogens is 2. The van der Waals surface area contributed by atoms with Gasteiger partial charge in [0.2, 0.25) is 0 Å². The number of hydrogen-bond donors (Lipinski definition) is 2. The smallest absolute Gasteiger partial charge is 0.139 e. The monoisotopic (exact) mass is 301 g/mol. The Labute approximate surface area is 127 Å². The summed E-state index contributed by atoms with van der Waals surface area (Å²) >= 11 is 1.77. The minimum atomic E-state index is -0.623. The van der Waals surface area contributed by atoms with Gasteiger partial charge in [-0.05, 0) is 51.1 Å². The van der Waals surface area contributed by atoms with Gasteiger partial charge in [-0.2, -0.15) is 0 Å². The second kappa shape index (κ2) is 5.16. The van der Waals surface area contributed by atoms with Crippen molar-refractivity contribution in [2.45, 2.75) is 32.9 Å². The van der Waals surface area contributed by atoms with Gasteiger partial charge in [-0.3, -0.25) is 0 Å². The lowest BCUT2D eigenvalue weighted by atomic mass is 10.2. The van der Waals surface area contributed by atoms with E-state index in [0.29, 0.717) is 11.5 Å². The molecule has 2 unspecified atom stereocenters. The van der Waals surface area contributed by atoms with Gasteiger partial charge >= 0.3 is 0 Å². The van der Waals surface area contributed by atoms with Crippen LogP contribution in [0.4, 0.5) is 5.69 Å². The molecule has 2 heterocycles. The van der Waals surface area contributed by atoms with Crippen LogP contribution in [0.3, 0.4) is 0 Å². The summed E-state index contributed by atoms with van der Waals surface area (Å²) in [5, 5.41) is 10.1. The third kappa shape index (κ3) is 2.43. The van der Waals surface area contributed by atoms with Gasteiger partial charge in [0.25, 0.3) is 0 Å². The van der Waals surface area contributed by atoms with Crippen LogP contribution in [0.2, 0.25) is 0 Å². The highest BCUT2D eigenvalue weighted by molar-refractivity contribution is 7.12. The number of nitrogens with zero attached hydrogens (tertiary/aromatic N) is 2. The Morgan fingerprint density at radius 2 is 2.00 bits per heavy atom. The molecule has 0 saturated heterocycles. The number of hydrogen-bond acceptors (Lipinski definition) is 4. The number of benzene rings is 1. The normalized spacial score (nSPS) is 14.5. The fourth-order valence-corrected chi connectivity index (χ4v) is 3.56. The van der Waals surface area contributed by atoms with Crippen LogP contribution in [0.1, 0.15) is 41.6 Å². The van der Waals surface area contributed by atoms with Crippen molar-refractivity contribution in [2.24, 2.45) is 0 Å². The first-order valence-corrected chi connectivity index (χ1v) is 7.81. The van der Waals surface area contributed by atoms with E-state index < -0.39 is 6.10 Å². The van der Waals surface area contributed by atoms with Gasteiger partial charge in [-0.1, -0.05) is 0 Å². The maximum atomic E-state index is 10.1. The van der Waals surface area contributed by atoms with Crippen molar-refractivity contribution in [1.82, 2.24) is 9.55 Å². The molecule has 1 aromatic carbocycles. The van der Waals surface area contributed by atoms with Crippen LogP contribution < -0.4 is 5.73 Å². The number of nitrogens with two attached hydrogens (primary N) is 1. The zero-order valence-corrected chi connectivity index (χ0v) is 13.2. The van der Waals surface area contributed by atoms with E-state index in [9.17, 15) is 5.11 Å². The molecule has 3 N–H and O–H groups in total. The molecule has 0 radical (unpaired) electrons. The Kier molecular flexibility index (Phi) is 3.47. The molecule has 3 aromatic rings. The zero-order chi connectivity index (χ0) is 15.1. The van der Waals surface area contributed by atoms with Crippen molar-refractivity contribution in [3.05, 3.63) is 45.9 Å². The van der Waals surface area contributed by atoms with E-state index in [0.717, 1.165) is 11.0 Å². The van der Waals surface area contributed by atoms with Gasteiger partial charge in [0, 0.05) is 15.4 Å². The van der Waals surface area contributed by atoms with E-state index in [1.54, 1.807) is 18.3 Å². The summed E-state index contributed by atoms with van der Waals surface area (Å²) in [4.78, 5) is 7.10. The van der Waals surface area contributed by atoms with Gasteiger partial charge in [0.05, 0.1) is 17.1 Å². The topological polar surface area (TPSA) is 64.1 Å². The first-order chi connectivity index (χ1) is 9.97.